The van der Waals surface area contributed by atoms with Crippen molar-refractivity contribution < 1.29 is 9.53 Å². The zero-order valence-electron chi connectivity index (χ0n) is 12.9. The van der Waals surface area contributed by atoms with Gasteiger partial charge in [-0.1, -0.05) is 12.1 Å². The van der Waals surface area contributed by atoms with Crippen LogP contribution in [0.5, 0.6) is 0 Å². The second-order valence-corrected chi connectivity index (χ2v) is 5.98. The molecule has 1 atom stereocenters. The molecule has 0 aliphatic heterocycles. The van der Waals surface area contributed by atoms with Crippen molar-refractivity contribution in [2.45, 2.75) is 32.4 Å². The Morgan fingerprint density at radius 2 is 1.85 bits per heavy atom. The van der Waals surface area contributed by atoms with E-state index in [1.165, 1.54) is 0 Å². The van der Waals surface area contributed by atoms with Crippen molar-refractivity contribution in [3.05, 3.63) is 29.8 Å². The molecule has 1 aromatic rings. The van der Waals surface area contributed by atoms with Gasteiger partial charge in [0.05, 0.1) is 0 Å². The maximum Gasteiger partial charge on any atom is 0.407 e. The van der Waals surface area contributed by atoms with Crippen LogP contribution in [0.15, 0.2) is 24.3 Å². The summed E-state index contributed by atoms with van der Waals surface area (Å²) < 4.78 is 5.16. The summed E-state index contributed by atoms with van der Waals surface area (Å²) in [6, 6.07) is 7.69. The molecular weight excluding hydrogens is 254 g/mol. The lowest BCUT2D eigenvalue weighted by molar-refractivity contribution is 0.0524. The average Bonchev–Trinajstić information content (AvgIpc) is 2.34. The molecule has 0 heterocycles. The molecule has 0 spiro atoms. The molecule has 20 heavy (non-hydrogen) atoms. The van der Waals surface area contributed by atoms with Crippen LogP contribution in [0.25, 0.3) is 0 Å². The number of nitrogens with one attached hydrogen (secondary N) is 1. The molecule has 1 amide bonds. The monoisotopic (exact) mass is 279 g/mol. The van der Waals surface area contributed by atoms with Crippen LogP contribution in [0.2, 0.25) is 0 Å². The van der Waals surface area contributed by atoms with E-state index in [1.54, 1.807) is 0 Å². The van der Waals surface area contributed by atoms with Gasteiger partial charge in [0, 0.05) is 32.4 Å². The van der Waals surface area contributed by atoms with E-state index < -0.39 is 11.7 Å². The second-order valence-electron chi connectivity index (χ2n) is 5.98. The van der Waals surface area contributed by atoms with E-state index in [9.17, 15) is 4.79 Å². The molecule has 5 heteroatoms. The largest absolute Gasteiger partial charge is 0.444 e. The van der Waals surface area contributed by atoms with Crippen molar-refractivity contribution in [1.29, 1.82) is 0 Å². The van der Waals surface area contributed by atoms with E-state index >= 15 is 0 Å². The first kappa shape index (κ1) is 16.3. The highest BCUT2D eigenvalue weighted by Gasteiger charge is 2.16. The summed E-state index contributed by atoms with van der Waals surface area (Å²) >= 11 is 0. The number of carbonyl (C=O) groups is 1. The first-order valence-corrected chi connectivity index (χ1v) is 6.69. The summed E-state index contributed by atoms with van der Waals surface area (Å²) in [6.45, 7) is 5.82. The Morgan fingerprint density at radius 3 is 2.30 bits per heavy atom. The minimum absolute atomic E-state index is 0.251. The van der Waals surface area contributed by atoms with Gasteiger partial charge < -0.3 is 20.7 Å². The molecule has 0 bridgehead atoms. The van der Waals surface area contributed by atoms with Gasteiger partial charge in [-0.3, -0.25) is 0 Å². The molecule has 1 rings (SSSR count). The lowest BCUT2D eigenvalue weighted by atomic mass is 10.1. The first-order valence-electron chi connectivity index (χ1n) is 6.69. The Morgan fingerprint density at radius 1 is 1.30 bits per heavy atom. The standard InChI is InChI=1S/C15H25N3O2/c1-15(2,3)20-14(19)17-10-13(16)11-6-8-12(9-7-11)18(4)5/h6-9,13H,10,16H2,1-5H3,(H,17,19). The molecular formula is C15H25N3O2. The van der Waals surface area contributed by atoms with Crippen LogP contribution >= 0.6 is 0 Å². The summed E-state index contributed by atoms with van der Waals surface area (Å²) in [5.74, 6) is 0. The number of amides is 1. The lowest BCUT2D eigenvalue weighted by Gasteiger charge is -2.21. The molecule has 1 unspecified atom stereocenters. The topological polar surface area (TPSA) is 67.6 Å². The predicted octanol–water partition coefficient (Wildman–Crippen LogP) is 2.28. The number of carbonyl (C=O) groups excluding carboxylic acids is 1. The van der Waals surface area contributed by atoms with Crippen LogP contribution in [0.1, 0.15) is 32.4 Å². The normalized spacial score (nSPS) is 12.7. The predicted molar refractivity (Wildman–Crippen MR) is 81.9 cm³/mol. The number of benzene rings is 1. The average molecular weight is 279 g/mol. The zero-order chi connectivity index (χ0) is 15.3. The Hall–Kier alpha value is -1.75. The van der Waals surface area contributed by atoms with Crippen LogP contribution in [0.4, 0.5) is 10.5 Å². The van der Waals surface area contributed by atoms with E-state index in [0.717, 1.165) is 11.3 Å². The Balaban J connectivity index is 2.50. The van der Waals surface area contributed by atoms with Crippen molar-refractivity contribution in [3.63, 3.8) is 0 Å². The number of alkyl carbamates (subject to hydrolysis) is 1. The van der Waals surface area contributed by atoms with Crippen LogP contribution < -0.4 is 16.0 Å². The molecule has 1 aromatic carbocycles. The van der Waals surface area contributed by atoms with Crippen molar-refractivity contribution >= 4 is 11.8 Å². The maximum absolute atomic E-state index is 11.5. The summed E-state index contributed by atoms with van der Waals surface area (Å²) in [4.78, 5) is 13.6. The lowest BCUT2D eigenvalue weighted by Crippen LogP contribution is -2.36. The molecule has 5 nitrogen and oxygen atoms in total. The number of ether oxygens (including phenoxy) is 1. The smallest absolute Gasteiger partial charge is 0.407 e. The van der Waals surface area contributed by atoms with Crippen LogP contribution in [-0.4, -0.2) is 32.3 Å². The van der Waals surface area contributed by atoms with Gasteiger partial charge in [0.2, 0.25) is 0 Å². The van der Waals surface area contributed by atoms with E-state index in [-0.39, 0.29) is 6.04 Å². The fourth-order valence-corrected chi connectivity index (χ4v) is 1.64. The third kappa shape index (κ3) is 5.48. The molecule has 3 N–H and O–H groups in total. The van der Waals surface area contributed by atoms with Crippen molar-refractivity contribution in [1.82, 2.24) is 5.32 Å². The maximum atomic E-state index is 11.5. The molecule has 112 valence electrons. The fourth-order valence-electron chi connectivity index (χ4n) is 1.64. The third-order valence-electron chi connectivity index (χ3n) is 2.70. The highest BCUT2D eigenvalue weighted by atomic mass is 16.6. The fraction of sp³-hybridized carbons (Fsp3) is 0.533. The minimum atomic E-state index is -0.498. The van der Waals surface area contributed by atoms with E-state index in [1.807, 2.05) is 64.0 Å². The minimum Gasteiger partial charge on any atom is -0.444 e. The summed E-state index contributed by atoms with van der Waals surface area (Å²) in [7, 11) is 3.97. The number of hydrogen-bond donors (Lipinski definition) is 2. The van der Waals surface area contributed by atoms with E-state index in [4.69, 9.17) is 10.5 Å². The molecule has 0 aliphatic carbocycles. The molecule has 0 aliphatic rings. The number of nitrogens with two attached hydrogens (primary N) is 1. The summed E-state index contributed by atoms with van der Waals surface area (Å²) in [6.07, 6.45) is -0.446. The van der Waals surface area contributed by atoms with Gasteiger partial charge in [-0.2, -0.15) is 0 Å². The van der Waals surface area contributed by atoms with Gasteiger partial charge in [-0.15, -0.1) is 0 Å². The van der Waals surface area contributed by atoms with E-state index in [2.05, 4.69) is 5.32 Å². The van der Waals surface area contributed by atoms with Crippen LogP contribution in [-0.2, 0) is 4.74 Å². The van der Waals surface area contributed by atoms with E-state index in [0.29, 0.717) is 6.54 Å². The van der Waals surface area contributed by atoms with Crippen molar-refractivity contribution in [2.24, 2.45) is 5.73 Å². The SMILES string of the molecule is CN(C)c1ccc(C(N)CNC(=O)OC(C)(C)C)cc1. The first-order chi connectivity index (χ1) is 9.19. The number of anilines is 1. The highest BCUT2D eigenvalue weighted by molar-refractivity contribution is 5.67. The van der Waals surface area contributed by atoms with Gasteiger partial charge in [0.15, 0.2) is 0 Å². The number of nitrogens with zero attached hydrogens (tertiary/aromatic N) is 1. The van der Waals surface area contributed by atoms with Crippen LogP contribution in [0.3, 0.4) is 0 Å². The quantitative estimate of drug-likeness (QED) is 0.887. The molecule has 0 radical (unpaired) electrons. The molecule has 0 saturated carbocycles. The van der Waals surface area contributed by atoms with Crippen molar-refractivity contribution in [3.8, 4) is 0 Å². The second kappa shape index (κ2) is 6.61. The summed E-state index contributed by atoms with van der Waals surface area (Å²) in [5.41, 5.74) is 7.64. The van der Waals surface area contributed by atoms with Gasteiger partial charge in [-0.05, 0) is 38.5 Å². The zero-order valence-corrected chi connectivity index (χ0v) is 12.9. The summed E-state index contributed by atoms with van der Waals surface area (Å²) in [5, 5.41) is 2.68. The Bertz CT molecular complexity index is 435. The molecule has 0 aromatic heterocycles. The van der Waals surface area contributed by atoms with Crippen molar-refractivity contribution in [2.75, 3.05) is 25.5 Å². The van der Waals surface area contributed by atoms with Gasteiger partial charge in [0.25, 0.3) is 0 Å². The number of rotatable bonds is 4. The van der Waals surface area contributed by atoms with Gasteiger partial charge >= 0.3 is 6.09 Å². The molecule has 0 saturated heterocycles. The number of hydrogen-bond acceptors (Lipinski definition) is 4. The van der Waals surface area contributed by atoms with Gasteiger partial charge in [0.1, 0.15) is 5.60 Å². The van der Waals surface area contributed by atoms with Gasteiger partial charge in [-0.25, -0.2) is 4.79 Å². The van der Waals surface area contributed by atoms with Crippen LogP contribution in [0, 0.1) is 0 Å². The Kier molecular flexibility index (Phi) is 5.39. The third-order valence-corrected chi connectivity index (χ3v) is 2.70. The molecule has 0 fully saturated rings. The Labute approximate surface area is 121 Å². The highest BCUT2D eigenvalue weighted by Crippen LogP contribution is 2.16.